The third-order valence-corrected chi connectivity index (χ3v) is 8.03. The molecule has 1 aromatic heterocycles. The highest BCUT2D eigenvalue weighted by molar-refractivity contribution is 7.92. The van der Waals surface area contributed by atoms with Crippen LogP contribution in [0.2, 0.25) is 0 Å². The molecule has 1 aliphatic heterocycles. The van der Waals surface area contributed by atoms with Crippen LogP contribution in [0.4, 0.5) is 0 Å². The highest BCUT2D eigenvalue weighted by Crippen LogP contribution is 2.38. The fourth-order valence-electron chi connectivity index (χ4n) is 3.99. The maximum absolute atomic E-state index is 12.8. The molecule has 0 unspecified atom stereocenters. The van der Waals surface area contributed by atoms with Gasteiger partial charge in [0.15, 0.2) is 21.6 Å². The lowest BCUT2D eigenvalue weighted by atomic mass is 9.87. The zero-order chi connectivity index (χ0) is 19.5. The number of hydrogen-bond acceptors (Lipinski definition) is 5. The molecule has 150 valence electrons. The van der Waals surface area contributed by atoms with E-state index in [-0.39, 0.29) is 18.1 Å². The highest BCUT2D eigenvalue weighted by atomic mass is 32.2. The maximum atomic E-state index is 12.8. The molecule has 0 bridgehead atoms. The van der Waals surface area contributed by atoms with Crippen molar-refractivity contribution in [1.29, 1.82) is 0 Å². The van der Waals surface area contributed by atoms with Gasteiger partial charge in [0.1, 0.15) is 12.3 Å². The van der Waals surface area contributed by atoms with Gasteiger partial charge in [-0.05, 0) is 31.9 Å². The molecule has 2 fully saturated rings. The smallest absolute Gasteiger partial charge is 0.284 e. The molecular formula is C18H28N4O4S. The van der Waals surface area contributed by atoms with Crippen molar-refractivity contribution < 1.29 is 17.6 Å². The summed E-state index contributed by atoms with van der Waals surface area (Å²) in [4.78, 5) is 17.8. The number of furan rings is 1. The van der Waals surface area contributed by atoms with Crippen LogP contribution in [-0.4, -0.2) is 55.3 Å². The number of rotatable bonds is 4. The van der Waals surface area contributed by atoms with Crippen molar-refractivity contribution in [2.45, 2.75) is 50.3 Å². The largest absolute Gasteiger partial charge is 0.454 e. The van der Waals surface area contributed by atoms with E-state index in [4.69, 9.17) is 10.2 Å². The van der Waals surface area contributed by atoms with Crippen LogP contribution in [0.3, 0.4) is 0 Å². The van der Waals surface area contributed by atoms with Crippen molar-refractivity contribution in [2.24, 2.45) is 10.7 Å². The molecule has 0 aromatic carbocycles. The van der Waals surface area contributed by atoms with Gasteiger partial charge in [-0.2, -0.15) is 0 Å². The van der Waals surface area contributed by atoms with Crippen molar-refractivity contribution in [3.8, 4) is 0 Å². The first-order valence-corrected chi connectivity index (χ1v) is 11.2. The lowest BCUT2D eigenvalue weighted by Crippen LogP contribution is -2.60. The minimum absolute atomic E-state index is 0.107. The van der Waals surface area contributed by atoms with Crippen LogP contribution >= 0.6 is 0 Å². The summed E-state index contributed by atoms with van der Waals surface area (Å²) in [5.41, 5.74) is 5.21. The minimum Gasteiger partial charge on any atom is -0.454 e. The minimum atomic E-state index is -3.10. The fraction of sp³-hybridized carbons (Fsp3) is 0.667. The van der Waals surface area contributed by atoms with Crippen LogP contribution in [0.5, 0.6) is 0 Å². The van der Waals surface area contributed by atoms with Crippen molar-refractivity contribution in [1.82, 2.24) is 10.2 Å². The summed E-state index contributed by atoms with van der Waals surface area (Å²) in [6, 6.07) is 3.21. The second-order valence-corrected chi connectivity index (χ2v) is 9.79. The number of nitrogens with two attached hydrogens (primary N) is 1. The lowest BCUT2D eigenvalue weighted by molar-refractivity contribution is 0.0972. The van der Waals surface area contributed by atoms with Gasteiger partial charge in [-0.25, -0.2) is 13.4 Å². The maximum Gasteiger partial charge on any atom is 0.284 e. The summed E-state index contributed by atoms with van der Waals surface area (Å²) in [7, 11) is -3.10. The summed E-state index contributed by atoms with van der Waals surface area (Å²) in [6.45, 7) is 3.82. The van der Waals surface area contributed by atoms with Crippen LogP contribution in [0.15, 0.2) is 21.5 Å². The molecule has 3 N–H and O–H groups in total. The predicted octanol–water partition coefficient (Wildman–Crippen LogP) is 1.28. The van der Waals surface area contributed by atoms with Gasteiger partial charge in [0.05, 0.1) is 10.5 Å². The van der Waals surface area contributed by atoms with Gasteiger partial charge in [0.25, 0.3) is 5.91 Å². The lowest BCUT2D eigenvalue weighted by Gasteiger charge is -2.45. The van der Waals surface area contributed by atoms with E-state index in [1.807, 2.05) is 11.8 Å². The van der Waals surface area contributed by atoms with E-state index in [1.54, 1.807) is 6.07 Å². The zero-order valence-electron chi connectivity index (χ0n) is 15.7. The number of nitrogens with zero attached hydrogens (tertiary/aromatic N) is 2. The Balaban J connectivity index is 1.78. The molecule has 27 heavy (non-hydrogen) atoms. The Hall–Kier alpha value is -2.03. The van der Waals surface area contributed by atoms with E-state index in [0.717, 1.165) is 32.1 Å². The molecule has 0 radical (unpaired) electrons. The van der Waals surface area contributed by atoms with E-state index in [9.17, 15) is 13.2 Å². The van der Waals surface area contributed by atoms with Crippen LogP contribution < -0.4 is 11.1 Å². The second-order valence-electron chi connectivity index (χ2n) is 7.28. The Bertz CT molecular complexity index is 809. The number of nitrogens with one attached hydrogen (secondary N) is 1. The molecule has 1 spiro atoms. The van der Waals surface area contributed by atoms with Crippen molar-refractivity contribution in [3.05, 3.63) is 23.7 Å². The molecule has 1 saturated heterocycles. The molecule has 1 amide bonds. The number of aliphatic imine (C=N–C) groups is 1. The van der Waals surface area contributed by atoms with Crippen LogP contribution in [0, 0.1) is 0 Å². The van der Waals surface area contributed by atoms with Gasteiger partial charge in [0, 0.05) is 19.6 Å². The van der Waals surface area contributed by atoms with Crippen molar-refractivity contribution in [3.63, 3.8) is 0 Å². The Labute approximate surface area is 160 Å². The molecule has 9 heteroatoms. The molecule has 1 aliphatic carbocycles. The first-order valence-electron chi connectivity index (χ1n) is 9.51. The predicted molar refractivity (Wildman–Crippen MR) is 103 cm³/mol. The summed E-state index contributed by atoms with van der Waals surface area (Å²) in [5, 5.41) is 3.25. The Morgan fingerprint density at radius 1 is 1.33 bits per heavy atom. The molecule has 3 rings (SSSR count). The summed E-state index contributed by atoms with van der Waals surface area (Å²) in [6.07, 6.45) is 4.48. The number of primary amides is 1. The molecule has 0 atom stereocenters. The van der Waals surface area contributed by atoms with E-state index in [2.05, 4.69) is 10.3 Å². The number of carbonyl (C=O) groups excluding carboxylic acids is 1. The molecule has 2 aliphatic rings. The SMILES string of the molecule is CCNC(=NCc1ccc(C(N)=O)o1)N1CCS(=O)(=O)C2(CCCCC2)C1. The van der Waals surface area contributed by atoms with Gasteiger partial charge < -0.3 is 20.4 Å². The number of amides is 1. The Morgan fingerprint density at radius 2 is 2.07 bits per heavy atom. The van der Waals surface area contributed by atoms with Crippen molar-refractivity contribution in [2.75, 3.05) is 25.4 Å². The van der Waals surface area contributed by atoms with Gasteiger partial charge >= 0.3 is 0 Å². The summed E-state index contributed by atoms with van der Waals surface area (Å²) >= 11 is 0. The topological polar surface area (TPSA) is 118 Å². The Morgan fingerprint density at radius 3 is 2.70 bits per heavy atom. The van der Waals surface area contributed by atoms with Gasteiger partial charge in [-0.1, -0.05) is 19.3 Å². The third-order valence-electron chi connectivity index (χ3n) is 5.46. The standard InChI is InChI=1S/C18H28N4O4S/c1-2-20-17(21-12-14-6-7-15(26-14)16(19)23)22-10-11-27(24,25)18(13-22)8-4-3-5-9-18/h6-7H,2-5,8-13H2,1H3,(H2,19,23)(H,20,21). The van der Waals surface area contributed by atoms with Gasteiger partial charge in [-0.3, -0.25) is 4.79 Å². The van der Waals surface area contributed by atoms with Crippen LogP contribution in [0.1, 0.15) is 55.3 Å². The summed E-state index contributed by atoms with van der Waals surface area (Å²) < 4.78 is 30.3. The van der Waals surface area contributed by atoms with E-state index in [0.29, 0.717) is 31.4 Å². The highest BCUT2D eigenvalue weighted by Gasteiger charge is 2.48. The molecule has 1 aromatic rings. The number of sulfone groups is 1. The quantitative estimate of drug-likeness (QED) is 0.585. The monoisotopic (exact) mass is 396 g/mol. The molecule has 8 nitrogen and oxygen atoms in total. The molecule has 2 heterocycles. The number of guanidine groups is 1. The van der Waals surface area contributed by atoms with Crippen molar-refractivity contribution >= 4 is 21.7 Å². The van der Waals surface area contributed by atoms with Gasteiger partial charge in [-0.15, -0.1) is 0 Å². The zero-order valence-corrected chi connectivity index (χ0v) is 16.6. The second kappa shape index (κ2) is 7.92. The average Bonchev–Trinajstić information content (AvgIpc) is 3.11. The third kappa shape index (κ3) is 4.12. The Kier molecular flexibility index (Phi) is 5.78. The fourth-order valence-corrected chi connectivity index (χ4v) is 6.15. The first kappa shape index (κ1) is 19.7. The van der Waals surface area contributed by atoms with E-state index < -0.39 is 20.5 Å². The summed E-state index contributed by atoms with van der Waals surface area (Å²) in [5.74, 6) is 0.864. The molecular weight excluding hydrogens is 368 g/mol. The number of carbonyl (C=O) groups is 1. The normalized spacial score (nSPS) is 22.0. The van der Waals surface area contributed by atoms with E-state index >= 15 is 0 Å². The average molecular weight is 397 g/mol. The van der Waals surface area contributed by atoms with Crippen LogP contribution in [0.25, 0.3) is 0 Å². The van der Waals surface area contributed by atoms with Crippen LogP contribution in [-0.2, 0) is 16.4 Å². The number of hydrogen-bond donors (Lipinski definition) is 2. The van der Waals surface area contributed by atoms with E-state index in [1.165, 1.54) is 6.07 Å². The molecule has 1 saturated carbocycles. The first-order chi connectivity index (χ1) is 12.9. The van der Waals surface area contributed by atoms with Gasteiger partial charge in [0.2, 0.25) is 0 Å².